The van der Waals surface area contributed by atoms with E-state index >= 15 is 0 Å². The van der Waals surface area contributed by atoms with Crippen molar-refractivity contribution in [3.8, 4) is 0 Å². The van der Waals surface area contributed by atoms with Gasteiger partial charge in [0, 0.05) is 28.8 Å². The summed E-state index contributed by atoms with van der Waals surface area (Å²) in [5, 5.41) is 3.97. The molecule has 0 aliphatic carbocycles. The maximum Gasteiger partial charge on any atom is 0.257 e. The van der Waals surface area contributed by atoms with E-state index in [9.17, 15) is 13.2 Å². The number of carbonyl (C=O) groups is 1. The number of sulfonamides is 1. The molecule has 0 radical (unpaired) electrons. The molecular weight excluding hydrogens is 446 g/mol. The molecule has 0 aliphatic heterocycles. The molecule has 164 valence electrons. The Labute approximate surface area is 191 Å². The molecule has 0 atom stereocenters. The summed E-state index contributed by atoms with van der Waals surface area (Å²) in [4.78, 5) is 15.9. The van der Waals surface area contributed by atoms with Crippen LogP contribution in [0.3, 0.4) is 0 Å². The lowest BCUT2D eigenvalue weighted by atomic mass is 10.1. The number of benzene rings is 3. The van der Waals surface area contributed by atoms with Crippen molar-refractivity contribution in [1.29, 1.82) is 0 Å². The second-order valence-corrected chi connectivity index (χ2v) is 9.56. The first-order valence-corrected chi connectivity index (χ1v) is 11.9. The maximum atomic E-state index is 12.9. The Morgan fingerprint density at radius 1 is 1.00 bits per heavy atom. The van der Waals surface area contributed by atoms with Gasteiger partial charge < -0.3 is 10.3 Å². The Bertz CT molecular complexity index is 1380. The van der Waals surface area contributed by atoms with Crippen LogP contribution in [0.2, 0.25) is 5.02 Å². The normalized spacial score (nSPS) is 11.6. The van der Waals surface area contributed by atoms with Crippen LogP contribution in [0.25, 0.3) is 10.9 Å². The second-order valence-electron chi connectivity index (χ2n) is 7.38. The summed E-state index contributed by atoms with van der Waals surface area (Å²) in [5.74, 6) is -0.479. The van der Waals surface area contributed by atoms with Crippen molar-refractivity contribution in [2.75, 3.05) is 11.9 Å². The van der Waals surface area contributed by atoms with E-state index in [0.717, 1.165) is 22.2 Å². The molecule has 3 N–H and O–H groups in total. The number of aryl methyl sites for hydroxylation is 1. The average molecular weight is 468 g/mol. The van der Waals surface area contributed by atoms with Gasteiger partial charge in [0.15, 0.2) is 0 Å². The van der Waals surface area contributed by atoms with Crippen molar-refractivity contribution < 1.29 is 13.2 Å². The molecule has 3 aromatic carbocycles. The predicted molar refractivity (Wildman–Crippen MR) is 128 cm³/mol. The molecule has 8 heteroatoms. The third-order valence-electron chi connectivity index (χ3n) is 5.22. The van der Waals surface area contributed by atoms with Gasteiger partial charge in [0.05, 0.1) is 15.5 Å². The van der Waals surface area contributed by atoms with Crippen molar-refractivity contribution >= 4 is 44.1 Å². The zero-order valence-corrected chi connectivity index (χ0v) is 18.9. The molecule has 0 bridgehead atoms. The van der Waals surface area contributed by atoms with E-state index in [2.05, 4.69) is 15.0 Å². The van der Waals surface area contributed by atoms with Crippen molar-refractivity contribution in [1.82, 2.24) is 9.71 Å². The number of fused-ring (bicyclic) bond motifs is 1. The molecule has 4 rings (SSSR count). The molecule has 0 unspecified atom stereocenters. The highest BCUT2D eigenvalue weighted by Crippen LogP contribution is 2.24. The molecular formula is C24H22ClN3O3S. The fraction of sp³-hybridized carbons (Fsp3) is 0.125. The van der Waals surface area contributed by atoms with Gasteiger partial charge in [0.2, 0.25) is 10.0 Å². The molecule has 0 spiro atoms. The van der Waals surface area contributed by atoms with Crippen LogP contribution >= 0.6 is 11.6 Å². The van der Waals surface area contributed by atoms with Crippen LogP contribution in [0.5, 0.6) is 0 Å². The third-order valence-corrected chi connectivity index (χ3v) is 7.01. The third kappa shape index (κ3) is 4.70. The number of aromatic amines is 1. The summed E-state index contributed by atoms with van der Waals surface area (Å²) in [6, 6.07) is 20.9. The van der Waals surface area contributed by atoms with E-state index in [0.29, 0.717) is 12.1 Å². The lowest BCUT2D eigenvalue weighted by molar-refractivity contribution is 0.102. The molecule has 6 nitrogen and oxygen atoms in total. The molecule has 0 aliphatic rings. The van der Waals surface area contributed by atoms with Crippen LogP contribution in [-0.4, -0.2) is 25.9 Å². The largest absolute Gasteiger partial charge is 0.358 e. The lowest BCUT2D eigenvalue weighted by Crippen LogP contribution is -2.26. The molecule has 0 fully saturated rings. The summed E-state index contributed by atoms with van der Waals surface area (Å²) >= 11 is 6.17. The van der Waals surface area contributed by atoms with E-state index in [1.165, 1.54) is 18.2 Å². The van der Waals surface area contributed by atoms with Crippen molar-refractivity contribution in [2.45, 2.75) is 18.2 Å². The summed E-state index contributed by atoms with van der Waals surface area (Å²) in [6.45, 7) is 2.19. The molecule has 1 aromatic heterocycles. The predicted octanol–water partition coefficient (Wildman–Crippen LogP) is 4.90. The van der Waals surface area contributed by atoms with Crippen LogP contribution in [0.1, 0.15) is 21.6 Å². The minimum atomic E-state index is -3.82. The average Bonchev–Trinajstić information content (AvgIpc) is 3.09. The highest BCUT2D eigenvalue weighted by molar-refractivity contribution is 7.89. The van der Waals surface area contributed by atoms with Crippen LogP contribution < -0.4 is 10.0 Å². The molecule has 1 heterocycles. The molecule has 4 aromatic rings. The fourth-order valence-corrected chi connectivity index (χ4v) is 4.88. The van der Waals surface area contributed by atoms with Gasteiger partial charge >= 0.3 is 0 Å². The topological polar surface area (TPSA) is 91.1 Å². The smallest absolute Gasteiger partial charge is 0.257 e. The molecule has 32 heavy (non-hydrogen) atoms. The van der Waals surface area contributed by atoms with Gasteiger partial charge in [-0.15, -0.1) is 0 Å². The van der Waals surface area contributed by atoms with Gasteiger partial charge in [-0.25, -0.2) is 13.1 Å². The van der Waals surface area contributed by atoms with E-state index in [4.69, 9.17) is 11.6 Å². The summed E-state index contributed by atoms with van der Waals surface area (Å²) in [6.07, 6.45) is 0.532. The quantitative estimate of drug-likeness (QED) is 0.361. The minimum Gasteiger partial charge on any atom is -0.358 e. The molecule has 0 saturated carbocycles. The molecule has 1 amide bonds. The second kappa shape index (κ2) is 9.16. The van der Waals surface area contributed by atoms with E-state index in [-0.39, 0.29) is 22.0 Å². The van der Waals surface area contributed by atoms with E-state index in [1.807, 2.05) is 37.3 Å². The number of hydrogen-bond donors (Lipinski definition) is 3. The standard InChI is InChI=1S/C24H22ClN3O3S/c1-16-19(20-9-5-6-10-23(20)27-16)13-14-26-32(30,31)18-11-12-22(25)21(15-18)24(29)28-17-7-3-2-4-8-17/h2-12,15,26-27H,13-14H2,1H3,(H,28,29). The monoisotopic (exact) mass is 467 g/mol. The number of nitrogens with one attached hydrogen (secondary N) is 3. The van der Waals surface area contributed by atoms with Gasteiger partial charge in [0.25, 0.3) is 5.91 Å². The van der Waals surface area contributed by atoms with Gasteiger partial charge in [-0.05, 0) is 55.3 Å². The number of aromatic nitrogens is 1. The Morgan fingerprint density at radius 2 is 1.72 bits per heavy atom. The Kier molecular flexibility index (Phi) is 6.32. The summed E-state index contributed by atoms with van der Waals surface area (Å²) < 4.78 is 28.3. The highest BCUT2D eigenvalue weighted by Gasteiger charge is 2.19. The summed E-state index contributed by atoms with van der Waals surface area (Å²) in [5.41, 5.74) is 3.79. The Morgan fingerprint density at radius 3 is 2.50 bits per heavy atom. The van der Waals surface area contributed by atoms with Crippen LogP contribution in [-0.2, 0) is 16.4 Å². The van der Waals surface area contributed by atoms with Crippen LogP contribution in [0.4, 0.5) is 5.69 Å². The fourth-order valence-electron chi connectivity index (χ4n) is 3.62. The molecule has 0 saturated heterocycles. The number of halogens is 1. The number of anilines is 1. The van der Waals surface area contributed by atoms with Gasteiger partial charge in [-0.2, -0.15) is 0 Å². The van der Waals surface area contributed by atoms with Gasteiger partial charge in [-0.3, -0.25) is 4.79 Å². The van der Waals surface area contributed by atoms with Gasteiger partial charge in [0.1, 0.15) is 0 Å². The maximum absolute atomic E-state index is 12.9. The van der Waals surface area contributed by atoms with Crippen molar-refractivity contribution in [3.63, 3.8) is 0 Å². The number of rotatable bonds is 7. The zero-order valence-electron chi connectivity index (χ0n) is 17.4. The van der Waals surface area contributed by atoms with Crippen molar-refractivity contribution in [2.24, 2.45) is 0 Å². The first-order chi connectivity index (χ1) is 15.3. The lowest BCUT2D eigenvalue weighted by Gasteiger charge is -2.11. The van der Waals surface area contributed by atoms with E-state index < -0.39 is 15.9 Å². The number of carbonyl (C=O) groups excluding carboxylic acids is 1. The van der Waals surface area contributed by atoms with Crippen LogP contribution in [0, 0.1) is 6.92 Å². The van der Waals surface area contributed by atoms with Crippen LogP contribution in [0.15, 0.2) is 77.7 Å². The van der Waals surface area contributed by atoms with Crippen molar-refractivity contribution in [3.05, 3.63) is 94.6 Å². The number of H-pyrrole nitrogens is 1. The SMILES string of the molecule is Cc1[nH]c2ccccc2c1CCNS(=O)(=O)c1ccc(Cl)c(C(=O)Nc2ccccc2)c1. The Balaban J connectivity index is 1.49. The minimum absolute atomic E-state index is 0.0178. The summed E-state index contributed by atoms with van der Waals surface area (Å²) in [7, 11) is -3.82. The number of hydrogen-bond acceptors (Lipinski definition) is 3. The number of amides is 1. The van der Waals surface area contributed by atoms with E-state index in [1.54, 1.807) is 24.3 Å². The Hall–Kier alpha value is -3.13. The first-order valence-electron chi connectivity index (χ1n) is 10.1. The zero-order chi connectivity index (χ0) is 22.7. The number of para-hydroxylation sites is 2. The first kappa shape index (κ1) is 22.1. The van der Waals surface area contributed by atoms with Gasteiger partial charge in [-0.1, -0.05) is 48.0 Å². The highest BCUT2D eigenvalue weighted by atomic mass is 35.5.